The average Bonchev–Trinajstić information content (AvgIpc) is 2.45. The maximum absolute atomic E-state index is 5.54. The molecule has 2 nitrogen and oxygen atoms in total. The first-order valence-electron chi connectivity index (χ1n) is 8.26. The molecule has 0 radical (unpaired) electrons. The highest BCUT2D eigenvalue weighted by Crippen LogP contribution is 2.20. The second kappa shape index (κ2) is 14.8. The van der Waals surface area contributed by atoms with Gasteiger partial charge < -0.3 is 9.05 Å². The van der Waals surface area contributed by atoms with E-state index < -0.39 is 0 Å². The van der Waals surface area contributed by atoms with Crippen molar-refractivity contribution in [2.75, 3.05) is 13.2 Å². The molecule has 0 aromatic heterocycles. The number of rotatable bonds is 14. The molecule has 0 aromatic carbocycles. The summed E-state index contributed by atoms with van der Waals surface area (Å²) in [6.07, 6.45) is 10.1. The van der Waals surface area contributed by atoms with Gasteiger partial charge in [-0.05, 0) is 37.5 Å². The second-order valence-electron chi connectivity index (χ2n) is 5.43. The molecule has 0 spiro atoms. The SMILES string of the molecule is CCC(CC)CCCOPOCCCC(CC)CC. The quantitative estimate of drug-likeness (QED) is 0.290. The predicted octanol–water partition coefficient (Wildman–Crippen LogP) is 5.96. The van der Waals surface area contributed by atoms with Crippen LogP contribution in [0.4, 0.5) is 0 Å². The lowest BCUT2D eigenvalue weighted by molar-refractivity contribution is 0.245. The van der Waals surface area contributed by atoms with E-state index in [1.165, 1.54) is 51.4 Å². The zero-order valence-corrected chi connectivity index (χ0v) is 14.5. The van der Waals surface area contributed by atoms with Gasteiger partial charge in [-0.2, -0.15) is 0 Å². The van der Waals surface area contributed by atoms with Crippen molar-refractivity contribution in [3.8, 4) is 0 Å². The van der Waals surface area contributed by atoms with Crippen molar-refractivity contribution in [1.29, 1.82) is 0 Å². The molecule has 0 fully saturated rings. The molecule has 0 heterocycles. The largest absolute Gasteiger partial charge is 0.336 e. The fourth-order valence-electron chi connectivity index (χ4n) is 2.41. The van der Waals surface area contributed by atoms with Crippen LogP contribution in [0, 0.1) is 11.8 Å². The average molecular weight is 290 g/mol. The van der Waals surface area contributed by atoms with Crippen LogP contribution in [0.2, 0.25) is 0 Å². The molecule has 19 heavy (non-hydrogen) atoms. The smallest absolute Gasteiger partial charge is 0.155 e. The van der Waals surface area contributed by atoms with Crippen molar-refractivity contribution in [3.05, 3.63) is 0 Å². The molecule has 0 bridgehead atoms. The zero-order valence-electron chi connectivity index (χ0n) is 13.5. The minimum Gasteiger partial charge on any atom is -0.336 e. The van der Waals surface area contributed by atoms with Crippen LogP contribution >= 0.6 is 9.03 Å². The predicted molar refractivity (Wildman–Crippen MR) is 86.8 cm³/mol. The molecule has 0 aliphatic heterocycles. The molecule has 0 aromatic rings. The molecule has 0 unspecified atom stereocenters. The third-order valence-electron chi connectivity index (χ3n) is 4.14. The zero-order chi connectivity index (χ0) is 14.3. The molecule has 0 aliphatic rings. The Morgan fingerprint density at radius 2 is 1.05 bits per heavy atom. The Labute approximate surface area is 123 Å². The standard InChI is InChI=1S/C16H35O2P/c1-5-15(6-2)11-9-13-17-19-18-14-10-12-16(7-3)8-4/h15-16,19H,5-14H2,1-4H3. The summed E-state index contributed by atoms with van der Waals surface area (Å²) in [7, 11) is 0.242. The van der Waals surface area contributed by atoms with Crippen molar-refractivity contribution in [3.63, 3.8) is 0 Å². The van der Waals surface area contributed by atoms with Crippen LogP contribution in [0.15, 0.2) is 0 Å². The van der Waals surface area contributed by atoms with Gasteiger partial charge >= 0.3 is 0 Å². The molecule has 3 heteroatoms. The first kappa shape index (κ1) is 19.4. The Balaban J connectivity index is 3.19. The van der Waals surface area contributed by atoms with Crippen LogP contribution in [0.3, 0.4) is 0 Å². The van der Waals surface area contributed by atoms with Crippen LogP contribution in [0.1, 0.15) is 79.1 Å². The van der Waals surface area contributed by atoms with E-state index in [0.717, 1.165) is 25.0 Å². The summed E-state index contributed by atoms with van der Waals surface area (Å²) in [6.45, 7) is 10.8. The molecule has 0 aliphatic carbocycles. The van der Waals surface area contributed by atoms with Crippen molar-refractivity contribution in [2.45, 2.75) is 79.1 Å². The fourth-order valence-corrected chi connectivity index (χ4v) is 2.95. The van der Waals surface area contributed by atoms with Gasteiger partial charge in [0.2, 0.25) is 0 Å². The monoisotopic (exact) mass is 290 g/mol. The van der Waals surface area contributed by atoms with Crippen molar-refractivity contribution >= 4 is 9.03 Å². The van der Waals surface area contributed by atoms with Crippen LogP contribution in [-0.2, 0) is 9.05 Å². The summed E-state index contributed by atoms with van der Waals surface area (Å²) in [6, 6.07) is 0. The summed E-state index contributed by atoms with van der Waals surface area (Å²) in [5.74, 6) is 1.76. The van der Waals surface area contributed by atoms with Gasteiger partial charge in [-0.1, -0.05) is 53.4 Å². The van der Waals surface area contributed by atoms with Crippen LogP contribution < -0.4 is 0 Å². The van der Waals surface area contributed by atoms with Gasteiger partial charge in [0.1, 0.15) is 0 Å². The van der Waals surface area contributed by atoms with Crippen LogP contribution in [0.5, 0.6) is 0 Å². The lowest BCUT2D eigenvalue weighted by atomic mass is 9.98. The van der Waals surface area contributed by atoms with Gasteiger partial charge in [-0.15, -0.1) is 0 Å². The third kappa shape index (κ3) is 11.8. The Kier molecular flexibility index (Phi) is 15.0. The molecule has 0 amide bonds. The van der Waals surface area contributed by atoms with E-state index in [1.54, 1.807) is 0 Å². The normalized spacial score (nSPS) is 11.7. The van der Waals surface area contributed by atoms with Gasteiger partial charge in [0.25, 0.3) is 0 Å². The summed E-state index contributed by atoms with van der Waals surface area (Å²) in [5, 5.41) is 0. The summed E-state index contributed by atoms with van der Waals surface area (Å²) in [4.78, 5) is 0. The van der Waals surface area contributed by atoms with Gasteiger partial charge in [0.15, 0.2) is 9.03 Å². The summed E-state index contributed by atoms with van der Waals surface area (Å²) >= 11 is 0. The first-order chi connectivity index (χ1) is 9.28. The van der Waals surface area contributed by atoms with Gasteiger partial charge in [-0.3, -0.25) is 0 Å². The van der Waals surface area contributed by atoms with E-state index >= 15 is 0 Å². The summed E-state index contributed by atoms with van der Waals surface area (Å²) < 4.78 is 11.1. The Hall–Kier alpha value is 0.350. The fraction of sp³-hybridized carbons (Fsp3) is 1.00. The molecule has 0 atom stereocenters. The molecule has 0 N–H and O–H groups in total. The number of hydrogen-bond acceptors (Lipinski definition) is 2. The minimum absolute atomic E-state index is 0.242. The maximum Gasteiger partial charge on any atom is 0.155 e. The Bertz CT molecular complexity index is 150. The van der Waals surface area contributed by atoms with E-state index in [0.29, 0.717) is 0 Å². The minimum atomic E-state index is 0.242. The third-order valence-corrected chi connectivity index (χ3v) is 4.79. The molecular weight excluding hydrogens is 255 g/mol. The van der Waals surface area contributed by atoms with E-state index in [2.05, 4.69) is 27.7 Å². The lowest BCUT2D eigenvalue weighted by Crippen LogP contribution is -2.00. The van der Waals surface area contributed by atoms with Gasteiger partial charge in [0, 0.05) is 0 Å². The Morgan fingerprint density at radius 1 is 0.684 bits per heavy atom. The topological polar surface area (TPSA) is 18.5 Å². The van der Waals surface area contributed by atoms with Crippen molar-refractivity contribution in [2.24, 2.45) is 11.8 Å². The Morgan fingerprint density at radius 3 is 1.37 bits per heavy atom. The van der Waals surface area contributed by atoms with Crippen LogP contribution in [0.25, 0.3) is 0 Å². The van der Waals surface area contributed by atoms with E-state index in [-0.39, 0.29) is 9.03 Å². The van der Waals surface area contributed by atoms with E-state index in [4.69, 9.17) is 9.05 Å². The molecule has 0 rings (SSSR count). The van der Waals surface area contributed by atoms with Crippen molar-refractivity contribution < 1.29 is 9.05 Å². The summed E-state index contributed by atoms with van der Waals surface area (Å²) in [5.41, 5.74) is 0. The van der Waals surface area contributed by atoms with Crippen molar-refractivity contribution in [1.82, 2.24) is 0 Å². The molecular formula is C16H35O2P. The molecule has 0 saturated carbocycles. The molecule has 116 valence electrons. The second-order valence-corrected chi connectivity index (χ2v) is 6.17. The molecule has 0 saturated heterocycles. The number of hydrogen-bond donors (Lipinski definition) is 0. The van der Waals surface area contributed by atoms with Crippen LogP contribution in [-0.4, -0.2) is 13.2 Å². The van der Waals surface area contributed by atoms with E-state index in [1.807, 2.05) is 0 Å². The first-order valence-corrected chi connectivity index (χ1v) is 9.08. The highest BCUT2D eigenvalue weighted by atomic mass is 31.1. The highest BCUT2D eigenvalue weighted by Gasteiger charge is 2.03. The van der Waals surface area contributed by atoms with Gasteiger partial charge in [0.05, 0.1) is 13.2 Å². The van der Waals surface area contributed by atoms with Gasteiger partial charge in [-0.25, -0.2) is 0 Å². The highest BCUT2D eigenvalue weighted by molar-refractivity contribution is 7.26. The van der Waals surface area contributed by atoms with E-state index in [9.17, 15) is 0 Å². The maximum atomic E-state index is 5.54. The lowest BCUT2D eigenvalue weighted by Gasteiger charge is -2.12.